The van der Waals surface area contributed by atoms with Gasteiger partial charge in [0.2, 0.25) is 0 Å². The molecule has 1 aliphatic rings. The Labute approximate surface area is 103 Å². The molecule has 0 radical (unpaired) electrons. The van der Waals surface area contributed by atoms with Crippen molar-refractivity contribution in [2.45, 2.75) is 19.8 Å². The number of aromatic amines is 1. The molecule has 0 atom stereocenters. The molecule has 17 heavy (non-hydrogen) atoms. The molecule has 2 N–H and O–H groups in total. The van der Waals surface area contributed by atoms with Crippen molar-refractivity contribution in [3.05, 3.63) is 22.5 Å². The summed E-state index contributed by atoms with van der Waals surface area (Å²) < 4.78 is 0. The summed E-state index contributed by atoms with van der Waals surface area (Å²) in [5.74, 6) is 0. The summed E-state index contributed by atoms with van der Waals surface area (Å²) in [5, 5.41) is 20.7. The minimum atomic E-state index is 0.804. The van der Waals surface area contributed by atoms with Crippen LogP contribution in [0.1, 0.15) is 22.5 Å². The quantitative estimate of drug-likeness (QED) is 0.810. The van der Waals surface area contributed by atoms with Crippen molar-refractivity contribution in [3.63, 3.8) is 0 Å². The second kappa shape index (κ2) is 3.60. The van der Waals surface area contributed by atoms with Crippen LogP contribution in [0, 0.1) is 18.3 Å². The maximum atomic E-state index is 9.26. The molecular weight excluding hydrogens is 232 g/mol. The molecule has 0 unspecified atom stereocenters. The molecule has 0 aromatic carbocycles. The SMILES string of the molecule is CNc1sc2c(c1C#N)CCc1n[nH]c(C)c1-2. The van der Waals surface area contributed by atoms with E-state index < -0.39 is 0 Å². The molecule has 2 heterocycles. The number of thiophene rings is 1. The van der Waals surface area contributed by atoms with E-state index in [9.17, 15) is 5.26 Å². The summed E-state index contributed by atoms with van der Waals surface area (Å²) in [4.78, 5) is 1.21. The minimum Gasteiger partial charge on any atom is -0.379 e. The smallest absolute Gasteiger partial charge is 0.107 e. The standard InChI is InChI=1S/C12H12N4S/c1-6-10-9(16-15-6)4-3-7-8(5-13)12(14-2)17-11(7)10/h14H,3-4H2,1-2H3,(H,15,16). The van der Waals surface area contributed by atoms with Gasteiger partial charge in [0.15, 0.2) is 0 Å². The van der Waals surface area contributed by atoms with Gasteiger partial charge in [0, 0.05) is 23.2 Å². The van der Waals surface area contributed by atoms with Gasteiger partial charge in [-0.05, 0) is 25.3 Å². The zero-order chi connectivity index (χ0) is 12.0. The van der Waals surface area contributed by atoms with Crippen molar-refractivity contribution < 1.29 is 0 Å². The van der Waals surface area contributed by atoms with E-state index in [2.05, 4.69) is 21.6 Å². The van der Waals surface area contributed by atoms with Crippen molar-refractivity contribution in [2.75, 3.05) is 12.4 Å². The van der Waals surface area contributed by atoms with Gasteiger partial charge < -0.3 is 5.32 Å². The van der Waals surface area contributed by atoms with E-state index in [4.69, 9.17) is 0 Å². The molecule has 1 aliphatic carbocycles. The minimum absolute atomic E-state index is 0.804. The Kier molecular flexibility index (Phi) is 2.20. The highest BCUT2D eigenvalue weighted by Gasteiger charge is 2.27. The van der Waals surface area contributed by atoms with Crippen LogP contribution in [0.2, 0.25) is 0 Å². The molecule has 0 aliphatic heterocycles. The second-order valence-corrected chi connectivity index (χ2v) is 5.17. The molecule has 2 aromatic rings. The van der Waals surface area contributed by atoms with Crippen LogP contribution >= 0.6 is 11.3 Å². The first-order valence-electron chi connectivity index (χ1n) is 5.54. The summed E-state index contributed by atoms with van der Waals surface area (Å²) in [6, 6.07) is 2.31. The lowest BCUT2D eigenvalue weighted by molar-refractivity contribution is 0.883. The van der Waals surface area contributed by atoms with Gasteiger partial charge in [-0.25, -0.2) is 0 Å². The number of fused-ring (bicyclic) bond motifs is 3. The topological polar surface area (TPSA) is 64.5 Å². The summed E-state index contributed by atoms with van der Waals surface area (Å²) in [7, 11) is 1.86. The Bertz CT molecular complexity index is 630. The highest BCUT2D eigenvalue weighted by Crippen LogP contribution is 2.45. The van der Waals surface area contributed by atoms with Crippen LogP contribution in [-0.4, -0.2) is 17.2 Å². The van der Waals surface area contributed by atoms with Crippen molar-refractivity contribution in [1.82, 2.24) is 10.2 Å². The normalized spacial score (nSPS) is 12.8. The molecule has 86 valence electrons. The number of rotatable bonds is 1. The van der Waals surface area contributed by atoms with Crippen molar-refractivity contribution in [1.29, 1.82) is 5.26 Å². The van der Waals surface area contributed by atoms with Gasteiger partial charge in [-0.2, -0.15) is 10.4 Å². The highest BCUT2D eigenvalue weighted by atomic mass is 32.1. The summed E-state index contributed by atoms with van der Waals surface area (Å²) in [5.41, 5.74) is 5.41. The number of nitrogens with one attached hydrogen (secondary N) is 2. The molecule has 0 bridgehead atoms. The fourth-order valence-electron chi connectivity index (χ4n) is 2.41. The lowest BCUT2D eigenvalue weighted by atomic mass is 9.93. The van der Waals surface area contributed by atoms with Gasteiger partial charge in [0.25, 0.3) is 0 Å². The van der Waals surface area contributed by atoms with E-state index in [1.165, 1.54) is 16.0 Å². The number of hydrogen-bond donors (Lipinski definition) is 2. The van der Waals surface area contributed by atoms with Crippen LogP contribution in [0.3, 0.4) is 0 Å². The van der Waals surface area contributed by atoms with Crippen LogP contribution in [0.4, 0.5) is 5.00 Å². The number of H-pyrrole nitrogens is 1. The zero-order valence-corrected chi connectivity index (χ0v) is 10.5. The number of aryl methyl sites for hydroxylation is 2. The molecule has 0 fully saturated rings. The number of nitriles is 1. The maximum Gasteiger partial charge on any atom is 0.107 e. The first-order valence-corrected chi connectivity index (χ1v) is 6.35. The second-order valence-electron chi connectivity index (χ2n) is 4.15. The van der Waals surface area contributed by atoms with Crippen LogP contribution in [0.15, 0.2) is 0 Å². The zero-order valence-electron chi connectivity index (χ0n) is 9.72. The summed E-state index contributed by atoms with van der Waals surface area (Å²) in [6.07, 6.45) is 1.83. The number of nitrogens with zero attached hydrogens (tertiary/aromatic N) is 2. The van der Waals surface area contributed by atoms with Crippen molar-refractivity contribution in [2.24, 2.45) is 0 Å². The van der Waals surface area contributed by atoms with Crippen molar-refractivity contribution in [3.8, 4) is 16.5 Å². The molecule has 2 aromatic heterocycles. The van der Waals surface area contributed by atoms with Crippen LogP contribution in [0.25, 0.3) is 10.4 Å². The highest BCUT2D eigenvalue weighted by molar-refractivity contribution is 7.20. The maximum absolute atomic E-state index is 9.26. The number of hydrogen-bond acceptors (Lipinski definition) is 4. The Hall–Kier alpha value is -1.80. The third kappa shape index (κ3) is 1.31. The fraction of sp³-hybridized carbons (Fsp3) is 0.333. The molecule has 5 heteroatoms. The lowest BCUT2D eigenvalue weighted by Gasteiger charge is -2.11. The Morgan fingerprint density at radius 2 is 2.29 bits per heavy atom. The van der Waals surface area contributed by atoms with Gasteiger partial charge in [-0.1, -0.05) is 0 Å². The predicted molar refractivity (Wildman–Crippen MR) is 68.3 cm³/mol. The molecule has 4 nitrogen and oxygen atoms in total. The van der Waals surface area contributed by atoms with Gasteiger partial charge in [-0.15, -0.1) is 11.3 Å². The average molecular weight is 244 g/mol. The van der Waals surface area contributed by atoms with Crippen molar-refractivity contribution >= 4 is 16.3 Å². The summed E-state index contributed by atoms with van der Waals surface area (Å²) in [6.45, 7) is 2.03. The fourth-order valence-corrected chi connectivity index (χ4v) is 3.68. The monoisotopic (exact) mass is 244 g/mol. The Balaban J connectivity index is 2.30. The van der Waals surface area contributed by atoms with Gasteiger partial charge in [0.1, 0.15) is 11.1 Å². The molecule has 3 rings (SSSR count). The third-order valence-electron chi connectivity index (χ3n) is 3.21. The van der Waals surface area contributed by atoms with E-state index in [0.717, 1.165) is 34.8 Å². The van der Waals surface area contributed by atoms with Crippen LogP contribution in [0.5, 0.6) is 0 Å². The molecule has 0 saturated heterocycles. The largest absolute Gasteiger partial charge is 0.379 e. The molecule has 0 saturated carbocycles. The predicted octanol–water partition coefficient (Wildman–Crippen LogP) is 2.46. The first-order chi connectivity index (χ1) is 8.26. The Morgan fingerprint density at radius 3 is 3.00 bits per heavy atom. The van der Waals surface area contributed by atoms with E-state index >= 15 is 0 Å². The lowest BCUT2D eigenvalue weighted by Crippen LogP contribution is -2.02. The van der Waals surface area contributed by atoms with E-state index in [1.54, 1.807) is 11.3 Å². The molecular formula is C12H12N4S. The van der Waals surface area contributed by atoms with Crippen LogP contribution in [-0.2, 0) is 12.8 Å². The van der Waals surface area contributed by atoms with Crippen LogP contribution < -0.4 is 5.32 Å². The molecule has 0 spiro atoms. The number of anilines is 1. The average Bonchev–Trinajstić information content (AvgIpc) is 2.89. The van der Waals surface area contributed by atoms with E-state index in [-0.39, 0.29) is 0 Å². The molecule has 0 amide bonds. The van der Waals surface area contributed by atoms with E-state index in [1.807, 2.05) is 14.0 Å². The number of aromatic nitrogens is 2. The third-order valence-corrected chi connectivity index (χ3v) is 4.47. The van der Waals surface area contributed by atoms with Gasteiger partial charge >= 0.3 is 0 Å². The Morgan fingerprint density at radius 1 is 1.47 bits per heavy atom. The first kappa shape index (κ1) is 10.4. The summed E-state index contributed by atoms with van der Waals surface area (Å²) >= 11 is 1.65. The van der Waals surface area contributed by atoms with E-state index in [0.29, 0.717) is 0 Å². The van der Waals surface area contributed by atoms with Gasteiger partial charge in [0.05, 0.1) is 11.3 Å². The van der Waals surface area contributed by atoms with Gasteiger partial charge in [-0.3, -0.25) is 5.10 Å².